The first kappa shape index (κ1) is 15.0. The molecule has 0 atom stereocenters. The van der Waals surface area contributed by atoms with Crippen LogP contribution < -0.4 is 16.6 Å². The molecule has 120 valence electrons. The molecule has 7 nitrogen and oxygen atoms in total. The average Bonchev–Trinajstić information content (AvgIpc) is 2.85. The van der Waals surface area contributed by atoms with Gasteiger partial charge in [-0.25, -0.2) is 9.78 Å². The molecule has 0 bridgehead atoms. The fourth-order valence-electron chi connectivity index (χ4n) is 3.43. The Balaban J connectivity index is 2.37. The van der Waals surface area contributed by atoms with Gasteiger partial charge in [0.15, 0.2) is 11.2 Å². The first-order valence-electron chi connectivity index (χ1n) is 8.03. The van der Waals surface area contributed by atoms with Crippen molar-refractivity contribution in [1.82, 2.24) is 24.0 Å². The summed E-state index contributed by atoms with van der Waals surface area (Å²) >= 11 is 0. The standard InChI is InChI=1S/C15H23N5O2/c1-4-18-10(3)17-13-12(18)14(21)20(15(22)19(13)5-2)11-6-8-16-9-7-11/h11,16H,4-9H2,1-3H3. The molecule has 1 saturated heterocycles. The third-order valence-corrected chi connectivity index (χ3v) is 4.56. The Hall–Kier alpha value is -1.89. The summed E-state index contributed by atoms with van der Waals surface area (Å²) in [7, 11) is 0. The molecule has 1 aliphatic heterocycles. The van der Waals surface area contributed by atoms with Crippen molar-refractivity contribution in [2.24, 2.45) is 0 Å². The van der Waals surface area contributed by atoms with Gasteiger partial charge in [-0.05, 0) is 46.7 Å². The van der Waals surface area contributed by atoms with Crippen molar-refractivity contribution in [1.29, 1.82) is 0 Å². The molecule has 0 amide bonds. The van der Waals surface area contributed by atoms with Gasteiger partial charge in [-0.15, -0.1) is 0 Å². The minimum absolute atomic E-state index is 0.0241. The van der Waals surface area contributed by atoms with E-state index in [9.17, 15) is 9.59 Å². The minimum Gasteiger partial charge on any atom is -0.323 e. The van der Waals surface area contributed by atoms with E-state index in [1.54, 1.807) is 4.57 Å². The van der Waals surface area contributed by atoms with Crippen LogP contribution >= 0.6 is 0 Å². The zero-order valence-electron chi connectivity index (χ0n) is 13.4. The van der Waals surface area contributed by atoms with E-state index in [0.717, 1.165) is 31.8 Å². The Morgan fingerprint density at radius 3 is 2.36 bits per heavy atom. The quantitative estimate of drug-likeness (QED) is 0.903. The van der Waals surface area contributed by atoms with Crippen molar-refractivity contribution < 1.29 is 0 Å². The number of piperidine rings is 1. The molecule has 3 rings (SSSR count). The molecule has 1 fully saturated rings. The largest absolute Gasteiger partial charge is 0.332 e. The Morgan fingerprint density at radius 2 is 1.77 bits per heavy atom. The Kier molecular flexibility index (Phi) is 3.90. The number of nitrogens with one attached hydrogen (secondary N) is 1. The van der Waals surface area contributed by atoms with Crippen LogP contribution in [0.2, 0.25) is 0 Å². The van der Waals surface area contributed by atoms with Gasteiger partial charge in [-0.1, -0.05) is 0 Å². The second-order valence-electron chi connectivity index (χ2n) is 5.76. The van der Waals surface area contributed by atoms with Crippen molar-refractivity contribution >= 4 is 11.2 Å². The van der Waals surface area contributed by atoms with Crippen LogP contribution in [0, 0.1) is 6.92 Å². The number of imidazole rings is 1. The lowest BCUT2D eigenvalue weighted by Crippen LogP contribution is -2.45. The lowest BCUT2D eigenvalue weighted by molar-refractivity contribution is 0.345. The van der Waals surface area contributed by atoms with Crippen molar-refractivity contribution in [2.45, 2.75) is 52.7 Å². The normalized spacial score (nSPS) is 16.5. The molecule has 2 aromatic heterocycles. The first-order chi connectivity index (χ1) is 10.6. The highest BCUT2D eigenvalue weighted by Gasteiger charge is 2.24. The maximum Gasteiger partial charge on any atom is 0.332 e. The SMILES string of the molecule is CCn1c(C)nc2c1c(=O)n(C1CCNCC1)c(=O)n2CC. The van der Waals surface area contributed by atoms with Gasteiger partial charge >= 0.3 is 5.69 Å². The molecule has 0 radical (unpaired) electrons. The number of fused-ring (bicyclic) bond motifs is 1. The summed E-state index contributed by atoms with van der Waals surface area (Å²) in [6.45, 7) is 8.65. The van der Waals surface area contributed by atoms with E-state index in [0.29, 0.717) is 24.3 Å². The molecule has 0 aliphatic carbocycles. The zero-order valence-corrected chi connectivity index (χ0v) is 13.4. The highest BCUT2D eigenvalue weighted by Crippen LogP contribution is 2.17. The van der Waals surface area contributed by atoms with Gasteiger partial charge in [0.2, 0.25) is 0 Å². The maximum atomic E-state index is 13.0. The second-order valence-corrected chi connectivity index (χ2v) is 5.76. The molecule has 3 heterocycles. The summed E-state index contributed by atoms with van der Waals surface area (Å²) < 4.78 is 4.98. The monoisotopic (exact) mass is 305 g/mol. The van der Waals surface area contributed by atoms with Gasteiger partial charge in [-0.2, -0.15) is 0 Å². The van der Waals surface area contributed by atoms with Crippen LogP contribution in [0.5, 0.6) is 0 Å². The van der Waals surface area contributed by atoms with Crippen LogP contribution in [-0.4, -0.2) is 31.8 Å². The molecule has 0 aromatic carbocycles. The molecule has 0 saturated carbocycles. The predicted molar refractivity (Wildman–Crippen MR) is 85.5 cm³/mol. The van der Waals surface area contributed by atoms with Crippen molar-refractivity contribution in [3.63, 3.8) is 0 Å². The lowest BCUT2D eigenvalue weighted by Gasteiger charge is -2.24. The molecule has 1 N–H and O–H groups in total. The minimum atomic E-state index is -0.229. The lowest BCUT2D eigenvalue weighted by atomic mass is 10.1. The Morgan fingerprint density at radius 1 is 1.14 bits per heavy atom. The molecule has 7 heteroatoms. The highest BCUT2D eigenvalue weighted by molar-refractivity contribution is 5.71. The second kappa shape index (κ2) is 5.72. The fourth-order valence-corrected chi connectivity index (χ4v) is 3.43. The topological polar surface area (TPSA) is 73.8 Å². The van der Waals surface area contributed by atoms with E-state index in [1.807, 2.05) is 25.3 Å². The van der Waals surface area contributed by atoms with E-state index < -0.39 is 0 Å². The van der Waals surface area contributed by atoms with Crippen LogP contribution in [0.4, 0.5) is 0 Å². The van der Waals surface area contributed by atoms with Crippen LogP contribution in [0.3, 0.4) is 0 Å². The van der Waals surface area contributed by atoms with E-state index in [1.165, 1.54) is 4.57 Å². The number of aromatic nitrogens is 4. The summed E-state index contributed by atoms with van der Waals surface area (Å²) in [4.78, 5) is 30.2. The fraction of sp³-hybridized carbons (Fsp3) is 0.667. The number of nitrogens with zero attached hydrogens (tertiary/aromatic N) is 4. The van der Waals surface area contributed by atoms with Gasteiger partial charge in [-0.3, -0.25) is 13.9 Å². The van der Waals surface area contributed by atoms with Crippen molar-refractivity contribution in [3.05, 3.63) is 26.7 Å². The molecular formula is C15H23N5O2. The third-order valence-electron chi connectivity index (χ3n) is 4.56. The predicted octanol–water partition coefficient (Wildman–Crippen LogP) is 0.632. The summed E-state index contributed by atoms with van der Waals surface area (Å²) in [6.07, 6.45) is 1.62. The van der Waals surface area contributed by atoms with Crippen LogP contribution in [0.25, 0.3) is 11.2 Å². The van der Waals surface area contributed by atoms with Gasteiger partial charge in [0.05, 0.1) is 0 Å². The summed E-state index contributed by atoms with van der Waals surface area (Å²) in [5, 5.41) is 3.27. The molecule has 1 aliphatic rings. The summed E-state index contributed by atoms with van der Waals surface area (Å²) in [5.41, 5.74) is 0.647. The third kappa shape index (κ3) is 2.11. The van der Waals surface area contributed by atoms with Crippen LogP contribution in [0.15, 0.2) is 9.59 Å². The summed E-state index contributed by atoms with van der Waals surface area (Å²) in [5.74, 6) is 0.777. The highest BCUT2D eigenvalue weighted by atomic mass is 16.2. The average molecular weight is 305 g/mol. The molecule has 22 heavy (non-hydrogen) atoms. The maximum absolute atomic E-state index is 13.0. The van der Waals surface area contributed by atoms with E-state index >= 15 is 0 Å². The van der Waals surface area contributed by atoms with Gasteiger partial charge in [0.1, 0.15) is 5.82 Å². The molecule has 2 aromatic rings. The van der Waals surface area contributed by atoms with Gasteiger partial charge in [0.25, 0.3) is 5.56 Å². The first-order valence-corrected chi connectivity index (χ1v) is 8.03. The number of hydrogen-bond donors (Lipinski definition) is 1. The molecular weight excluding hydrogens is 282 g/mol. The summed E-state index contributed by atoms with van der Waals surface area (Å²) in [6, 6.07) is -0.0241. The number of rotatable bonds is 3. The van der Waals surface area contributed by atoms with Crippen LogP contribution in [0.1, 0.15) is 38.6 Å². The Bertz CT molecular complexity index is 808. The number of hydrogen-bond acceptors (Lipinski definition) is 4. The molecule has 0 spiro atoms. The van der Waals surface area contributed by atoms with Crippen LogP contribution in [-0.2, 0) is 13.1 Å². The van der Waals surface area contributed by atoms with Crippen molar-refractivity contribution in [2.75, 3.05) is 13.1 Å². The Labute approximate surface area is 128 Å². The molecule has 0 unspecified atom stereocenters. The van der Waals surface area contributed by atoms with E-state index in [4.69, 9.17) is 0 Å². The van der Waals surface area contributed by atoms with E-state index in [-0.39, 0.29) is 17.3 Å². The smallest absolute Gasteiger partial charge is 0.323 e. The van der Waals surface area contributed by atoms with Gasteiger partial charge in [0, 0.05) is 19.1 Å². The zero-order chi connectivity index (χ0) is 15.9. The van der Waals surface area contributed by atoms with E-state index in [2.05, 4.69) is 10.3 Å². The van der Waals surface area contributed by atoms with Crippen molar-refractivity contribution in [3.8, 4) is 0 Å². The number of aryl methyl sites for hydroxylation is 3. The van der Waals surface area contributed by atoms with Gasteiger partial charge < -0.3 is 9.88 Å².